The molecular formula is C16H14N2O2. The lowest BCUT2D eigenvalue weighted by Gasteiger charge is -2.17. The van der Waals surface area contributed by atoms with E-state index >= 15 is 0 Å². The molecule has 1 aliphatic heterocycles. The number of benzene rings is 1. The van der Waals surface area contributed by atoms with E-state index in [2.05, 4.69) is 4.98 Å². The van der Waals surface area contributed by atoms with Gasteiger partial charge in [0.2, 0.25) is 0 Å². The molecule has 1 aromatic carbocycles. The molecule has 0 unspecified atom stereocenters. The Hall–Kier alpha value is -2.49. The van der Waals surface area contributed by atoms with E-state index in [0.29, 0.717) is 11.1 Å². The molecule has 0 radical (unpaired) electrons. The molecule has 0 spiro atoms. The third-order valence-electron chi connectivity index (χ3n) is 3.40. The van der Waals surface area contributed by atoms with Crippen LogP contribution in [0.4, 0.5) is 0 Å². The minimum atomic E-state index is -0.224. The second-order valence-corrected chi connectivity index (χ2v) is 5.05. The van der Waals surface area contributed by atoms with Gasteiger partial charge in [0, 0.05) is 17.8 Å². The molecule has 2 amide bonds. The number of nitrogens with zero attached hydrogens (tertiary/aromatic N) is 2. The molecule has 0 fully saturated rings. The van der Waals surface area contributed by atoms with Crippen molar-refractivity contribution in [3.8, 4) is 11.3 Å². The highest BCUT2D eigenvalue weighted by molar-refractivity contribution is 6.21. The van der Waals surface area contributed by atoms with E-state index in [1.807, 2.05) is 38.1 Å². The average Bonchev–Trinajstić information content (AvgIpc) is 2.71. The van der Waals surface area contributed by atoms with Crippen LogP contribution in [0, 0.1) is 0 Å². The molecule has 0 atom stereocenters. The van der Waals surface area contributed by atoms with Gasteiger partial charge >= 0.3 is 0 Å². The minimum Gasteiger partial charge on any atom is -0.272 e. The summed E-state index contributed by atoms with van der Waals surface area (Å²) in [6.45, 7) is 3.67. The molecule has 100 valence electrons. The molecule has 4 heteroatoms. The van der Waals surface area contributed by atoms with Gasteiger partial charge in [0.05, 0.1) is 16.8 Å². The van der Waals surface area contributed by atoms with E-state index in [4.69, 9.17) is 0 Å². The van der Waals surface area contributed by atoms with Crippen LogP contribution >= 0.6 is 0 Å². The number of carbonyl (C=O) groups is 2. The van der Waals surface area contributed by atoms with Crippen LogP contribution in [0.15, 0.2) is 42.6 Å². The predicted molar refractivity (Wildman–Crippen MR) is 75.3 cm³/mol. The lowest BCUT2D eigenvalue weighted by Crippen LogP contribution is -2.35. The van der Waals surface area contributed by atoms with Gasteiger partial charge in [-0.2, -0.15) is 0 Å². The monoisotopic (exact) mass is 266 g/mol. The summed E-state index contributed by atoms with van der Waals surface area (Å²) in [6.07, 6.45) is 1.70. The van der Waals surface area contributed by atoms with Crippen LogP contribution in [0.5, 0.6) is 0 Å². The molecule has 3 rings (SSSR count). The highest BCUT2D eigenvalue weighted by atomic mass is 16.2. The van der Waals surface area contributed by atoms with Crippen molar-refractivity contribution < 1.29 is 9.59 Å². The number of amides is 2. The number of fused-ring (bicyclic) bond motifs is 1. The molecule has 1 aliphatic rings. The number of hydrogen-bond acceptors (Lipinski definition) is 3. The number of carbonyl (C=O) groups excluding carboxylic acids is 2. The molecule has 0 bridgehead atoms. The normalized spacial score (nSPS) is 14.1. The summed E-state index contributed by atoms with van der Waals surface area (Å²) in [5.74, 6) is -0.439. The smallest absolute Gasteiger partial charge is 0.261 e. The first-order chi connectivity index (χ1) is 9.59. The molecule has 2 aromatic rings. The molecule has 4 nitrogen and oxygen atoms in total. The van der Waals surface area contributed by atoms with E-state index in [-0.39, 0.29) is 17.9 Å². The van der Waals surface area contributed by atoms with Gasteiger partial charge in [-0.05, 0) is 38.1 Å². The quantitative estimate of drug-likeness (QED) is 0.785. The summed E-state index contributed by atoms with van der Waals surface area (Å²) in [6, 6.07) is 10.8. The topological polar surface area (TPSA) is 50.3 Å². The Morgan fingerprint density at radius 1 is 1.00 bits per heavy atom. The summed E-state index contributed by atoms with van der Waals surface area (Å²) < 4.78 is 0. The van der Waals surface area contributed by atoms with Crippen LogP contribution < -0.4 is 0 Å². The van der Waals surface area contributed by atoms with Crippen LogP contribution in [-0.2, 0) is 0 Å². The predicted octanol–water partition coefficient (Wildman–Crippen LogP) is 2.75. The minimum absolute atomic E-state index is 0.138. The van der Waals surface area contributed by atoms with Gasteiger partial charge in [0.1, 0.15) is 0 Å². The molecule has 0 saturated heterocycles. The van der Waals surface area contributed by atoms with E-state index in [1.165, 1.54) is 4.90 Å². The van der Waals surface area contributed by atoms with E-state index < -0.39 is 0 Å². The Morgan fingerprint density at radius 2 is 1.75 bits per heavy atom. The highest BCUT2D eigenvalue weighted by Gasteiger charge is 2.37. The number of pyridine rings is 1. The molecule has 0 saturated carbocycles. The first-order valence-corrected chi connectivity index (χ1v) is 6.53. The number of imide groups is 1. The zero-order valence-electron chi connectivity index (χ0n) is 11.3. The number of rotatable bonds is 2. The summed E-state index contributed by atoms with van der Waals surface area (Å²) in [5, 5.41) is 0. The first-order valence-electron chi connectivity index (χ1n) is 6.53. The number of hydrogen-bond donors (Lipinski definition) is 0. The number of aromatic nitrogens is 1. The molecule has 2 heterocycles. The van der Waals surface area contributed by atoms with Crippen LogP contribution in [0.1, 0.15) is 34.6 Å². The average molecular weight is 266 g/mol. The van der Waals surface area contributed by atoms with Crippen molar-refractivity contribution in [3.05, 3.63) is 53.7 Å². The third kappa shape index (κ3) is 1.81. The standard InChI is InChI=1S/C16H14N2O2/c1-10(2)18-15(19)12-7-6-11(9-13(12)16(18)20)14-5-3-4-8-17-14/h3-10H,1-2H3. The fourth-order valence-electron chi connectivity index (χ4n) is 2.42. The Balaban J connectivity index is 2.09. The van der Waals surface area contributed by atoms with Crippen LogP contribution in [0.3, 0.4) is 0 Å². The lowest BCUT2D eigenvalue weighted by atomic mass is 10.0. The summed E-state index contributed by atoms with van der Waals surface area (Å²) in [4.78, 5) is 30.1. The molecule has 0 N–H and O–H groups in total. The van der Waals surface area contributed by atoms with Gasteiger partial charge in [0.15, 0.2) is 0 Å². The van der Waals surface area contributed by atoms with Crippen LogP contribution in [0.2, 0.25) is 0 Å². The molecule has 20 heavy (non-hydrogen) atoms. The van der Waals surface area contributed by atoms with Gasteiger partial charge in [-0.1, -0.05) is 12.1 Å². The van der Waals surface area contributed by atoms with E-state index in [0.717, 1.165) is 11.3 Å². The highest BCUT2D eigenvalue weighted by Crippen LogP contribution is 2.28. The summed E-state index contributed by atoms with van der Waals surface area (Å²) in [7, 11) is 0. The van der Waals surface area contributed by atoms with Gasteiger partial charge < -0.3 is 0 Å². The maximum atomic E-state index is 12.3. The van der Waals surface area contributed by atoms with Gasteiger partial charge in [-0.25, -0.2) is 0 Å². The largest absolute Gasteiger partial charge is 0.272 e. The molecular weight excluding hydrogens is 252 g/mol. The van der Waals surface area contributed by atoms with Crippen molar-refractivity contribution >= 4 is 11.8 Å². The second-order valence-electron chi connectivity index (χ2n) is 5.05. The Bertz CT molecular complexity index is 693. The first kappa shape index (κ1) is 12.5. The fraction of sp³-hybridized carbons (Fsp3) is 0.188. The zero-order chi connectivity index (χ0) is 14.3. The summed E-state index contributed by atoms with van der Waals surface area (Å²) in [5.41, 5.74) is 2.57. The fourth-order valence-corrected chi connectivity index (χ4v) is 2.42. The van der Waals surface area contributed by atoms with Crippen molar-refractivity contribution in [2.75, 3.05) is 0 Å². The summed E-state index contributed by atoms with van der Waals surface area (Å²) >= 11 is 0. The van der Waals surface area contributed by atoms with Gasteiger partial charge in [-0.15, -0.1) is 0 Å². The maximum absolute atomic E-state index is 12.3. The van der Waals surface area contributed by atoms with Gasteiger partial charge in [-0.3, -0.25) is 19.5 Å². The van der Waals surface area contributed by atoms with Crippen molar-refractivity contribution in [1.29, 1.82) is 0 Å². The second kappa shape index (κ2) is 4.56. The third-order valence-corrected chi connectivity index (χ3v) is 3.40. The van der Waals surface area contributed by atoms with Crippen molar-refractivity contribution in [3.63, 3.8) is 0 Å². The Morgan fingerprint density at radius 3 is 2.40 bits per heavy atom. The van der Waals surface area contributed by atoms with Gasteiger partial charge in [0.25, 0.3) is 11.8 Å². The Kier molecular flexibility index (Phi) is 2.86. The molecule has 1 aromatic heterocycles. The van der Waals surface area contributed by atoms with Crippen molar-refractivity contribution in [2.24, 2.45) is 0 Å². The molecule has 0 aliphatic carbocycles. The lowest BCUT2D eigenvalue weighted by molar-refractivity contribution is 0.0609. The van der Waals surface area contributed by atoms with Crippen LogP contribution in [0.25, 0.3) is 11.3 Å². The van der Waals surface area contributed by atoms with Crippen LogP contribution in [-0.4, -0.2) is 27.7 Å². The maximum Gasteiger partial charge on any atom is 0.261 e. The van der Waals surface area contributed by atoms with E-state index in [1.54, 1.807) is 18.3 Å². The zero-order valence-corrected chi connectivity index (χ0v) is 11.3. The Labute approximate surface area is 117 Å². The van der Waals surface area contributed by atoms with Crippen molar-refractivity contribution in [2.45, 2.75) is 19.9 Å². The van der Waals surface area contributed by atoms with E-state index in [9.17, 15) is 9.59 Å². The SMILES string of the molecule is CC(C)N1C(=O)c2ccc(-c3ccccn3)cc2C1=O. The van der Waals surface area contributed by atoms with Crippen molar-refractivity contribution in [1.82, 2.24) is 9.88 Å².